The topological polar surface area (TPSA) is 118 Å². The summed E-state index contributed by atoms with van der Waals surface area (Å²) in [5.41, 5.74) is 4.60. The SMILES string of the molecule is NC(=O)CC(=CC[P+](=O)CO)C(=O)O. The summed E-state index contributed by atoms with van der Waals surface area (Å²) in [5, 5.41) is 17.0. The molecule has 0 aliphatic rings. The molecule has 78 valence electrons. The Morgan fingerprint density at radius 3 is 2.36 bits per heavy atom. The van der Waals surface area contributed by atoms with Crippen LogP contribution >= 0.6 is 7.80 Å². The van der Waals surface area contributed by atoms with Crippen molar-refractivity contribution in [2.75, 3.05) is 12.5 Å². The van der Waals surface area contributed by atoms with E-state index in [0.29, 0.717) is 0 Å². The van der Waals surface area contributed by atoms with E-state index in [-0.39, 0.29) is 11.7 Å². The lowest BCUT2D eigenvalue weighted by Gasteiger charge is -1.95. The summed E-state index contributed by atoms with van der Waals surface area (Å²) >= 11 is 0. The highest BCUT2D eigenvalue weighted by molar-refractivity contribution is 7.44. The highest BCUT2D eigenvalue weighted by atomic mass is 31.1. The Morgan fingerprint density at radius 2 is 2.00 bits per heavy atom. The molecule has 1 amide bonds. The van der Waals surface area contributed by atoms with Crippen LogP contribution in [-0.2, 0) is 14.2 Å². The average Bonchev–Trinajstić information content (AvgIpc) is 2.10. The number of hydrogen-bond acceptors (Lipinski definition) is 4. The van der Waals surface area contributed by atoms with E-state index < -0.39 is 32.4 Å². The number of carbonyl (C=O) groups is 2. The molecule has 6 nitrogen and oxygen atoms in total. The summed E-state index contributed by atoms with van der Waals surface area (Å²) in [6.45, 7) is 0. The molecule has 1 unspecified atom stereocenters. The van der Waals surface area contributed by atoms with Crippen LogP contribution in [0.4, 0.5) is 0 Å². The zero-order valence-electron chi connectivity index (χ0n) is 7.34. The first-order valence-corrected chi connectivity index (χ1v) is 5.34. The summed E-state index contributed by atoms with van der Waals surface area (Å²) in [6, 6.07) is 0. The number of primary amides is 1. The van der Waals surface area contributed by atoms with E-state index >= 15 is 0 Å². The fourth-order valence-electron chi connectivity index (χ4n) is 0.693. The van der Waals surface area contributed by atoms with Crippen molar-refractivity contribution >= 4 is 19.7 Å². The van der Waals surface area contributed by atoms with Crippen molar-refractivity contribution in [2.24, 2.45) is 5.73 Å². The monoisotopic (exact) mass is 220 g/mol. The molecular weight excluding hydrogens is 209 g/mol. The van der Waals surface area contributed by atoms with Crippen molar-refractivity contribution < 1.29 is 24.4 Å². The molecule has 0 heterocycles. The Morgan fingerprint density at radius 1 is 1.43 bits per heavy atom. The summed E-state index contributed by atoms with van der Waals surface area (Å²) in [6.07, 6.45) is 0.169. The number of hydrogen-bond donors (Lipinski definition) is 3. The number of aliphatic carboxylic acids is 1. The molecule has 0 aliphatic heterocycles. The molecule has 0 aliphatic carbocycles. The van der Waals surface area contributed by atoms with E-state index in [2.05, 4.69) is 0 Å². The highest BCUT2D eigenvalue weighted by Crippen LogP contribution is 2.19. The molecule has 0 radical (unpaired) electrons. The molecule has 0 bridgehead atoms. The largest absolute Gasteiger partial charge is 0.478 e. The zero-order valence-corrected chi connectivity index (χ0v) is 8.24. The standard InChI is InChI=1S/C7H10NO5P/c8-6(10)3-5(7(11)12)1-2-14(13)4-9/h1,9H,2-4H2,(H2-,8,10,11,12)/p+1. The number of carbonyl (C=O) groups excluding carboxylic acids is 1. The van der Waals surface area contributed by atoms with Crippen LogP contribution in [0.15, 0.2) is 11.6 Å². The number of carboxylic acids is 1. The van der Waals surface area contributed by atoms with Gasteiger partial charge in [0, 0.05) is 5.57 Å². The Labute approximate surface area is 81.2 Å². The van der Waals surface area contributed by atoms with Crippen molar-refractivity contribution in [2.45, 2.75) is 6.42 Å². The van der Waals surface area contributed by atoms with Gasteiger partial charge in [-0.05, 0) is 6.08 Å². The second-order valence-corrected chi connectivity index (χ2v) is 4.10. The van der Waals surface area contributed by atoms with Crippen LogP contribution in [0.3, 0.4) is 0 Å². The number of allylic oxidation sites excluding steroid dienone is 1. The molecule has 4 N–H and O–H groups in total. The Balaban J connectivity index is 4.41. The smallest absolute Gasteiger partial charge is 0.370 e. The molecule has 0 fully saturated rings. The number of rotatable bonds is 6. The molecule has 0 aromatic carbocycles. The van der Waals surface area contributed by atoms with E-state index in [0.717, 1.165) is 6.08 Å². The van der Waals surface area contributed by atoms with Crippen LogP contribution in [0, 0.1) is 0 Å². The maximum Gasteiger partial charge on any atom is 0.370 e. The molecule has 0 saturated carbocycles. The van der Waals surface area contributed by atoms with Gasteiger partial charge in [0.15, 0.2) is 6.16 Å². The second kappa shape index (κ2) is 6.23. The number of amides is 1. The lowest BCUT2D eigenvalue weighted by molar-refractivity contribution is -0.133. The van der Waals surface area contributed by atoms with Gasteiger partial charge in [0.05, 0.1) is 6.42 Å². The minimum absolute atomic E-state index is 0.0687. The molecule has 1 atom stereocenters. The van der Waals surface area contributed by atoms with Crippen molar-refractivity contribution in [1.82, 2.24) is 0 Å². The number of aliphatic hydroxyl groups excluding tert-OH is 1. The fraction of sp³-hybridized carbons (Fsp3) is 0.429. The van der Waals surface area contributed by atoms with Gasteiger partial charge in [-0.2, -0.15) is 0 Å². The van der Waals surface area contributed by atoms with Gasteiger partial charge < -0.3 is 15.9 Å². The molecule has 14 heavy (non-hydrogen) atoms. The van der Waals surface area contributed by atoms with Crippen LogP contribution in [-0.4, -0.2) is 34.6 Å². The normalized spacial score (nSPS) is 12.4. The summed E-state index contributed by atoms with van der Waals surface area (Å²) in [4.78, 5) is 20.9. The van der Waals surface area contributed by atoms with E-state index in [1.807, 2.05) is 0 Å². The van der Waals surface area contributed by atoms with Crippen LogP contribution in [0.2, 0.25) is 0 Å². The second-order valence-electron chi connectivity index (χ2n) is 2.48. The zero-order chi connectivity index (χ0) is 11.1. The van der Waals surface area contributed by atoms with Gasteiger partial charge >= 0.3 is 13.8 Å². The van der Waals surface area contributed by atoms with Gasteiger partial charge in [0.25, 0.3) is 0 Å². The third-order valence-corrected chi connectivity index (χ3v) is 2.24. The third-order valence-electron chi connectivity index (χ3n) is 1.34. The maximum atomic E-state index is 10.8. The summed E-state index contributed by atoms with van der Waals surface area (Å²) in [7, 11) is -1.85. The van der Waals surface area contributed by atoms with Gasteiger partial charge in [-0.25, -0.2) is 4.79 Å². The molecule has 0 saturated heterocycles. The Hall–Kier alpha value is -1.26. The lowest BCUT2D eigenvalue weighted by Crippen LogP contribution is -2.15. The molecule has 7 heteroatoms. The van der Waals surface area contributed by atoms with Crippen LogP contribution in [0.1, 0.15) is 6.42 Å². The van der Waals surface area contributed by atoms with Gasteiger partial charge in [-0.1, -0.05) is 4.57 Å². The highest BCUT2D eigenvalue weighted by Gasteiger charge is 2.15. The Bertz CT molecular complexity index is 286. The number of aliphatic hydroxyl groups is 1. The van der Waals surface area contributed by atoms with Crippen LogP contribution in [0.5, 0.6) is 0 Å². The fourth-order valence-corrected chi connectivity index (χ4v) is 1.23. The van der Waals surface area contributed by atoms with E-state index in [1.54, 1.807) is 0 Å². The molecule has 0 rings (SSSR count). The molecule has 0 aromatic heterocycles. The Kier molecular flexibility index (Phi) is 5.67. The lowest BCUT2D eigenvalue weighted by atomic mass is 10.2. The van der Waals surface area contributed by atoms with Crippen molar-refractivity contribution in [3.8, 4) is 0 Å². The van der Waals surface area contributed by atoms with Crippen molar-refractivity contribution in [3.05, 3.63) is 11.6 Å². The molecule has 0 spiro atoms. The molecular formula is C7H11NO5P+. The van der Waals surface area contributed by atoms with Crippen molar-refractivity contribution in [3.63, 3.8) is 0 Å². The van der Waals surface area contributed by atoms with Crippen molar-refractivity contribution in [1.29, 1.82) is 0 Å². The maximum absolute atomic E-state index is 10.8. The van der Waals surface area contributed by atoms with E-state index in [1.165, 1.54) is 0 Å². The minimum Gasteiger partial charge on any atom is -0.478 e. The van der Waals surface area contributed by atoms with Gasteiger partial charge in [-0.15, -0.1) is 0 Å². The first kappa shape index (κ1) is 12.7. The van der Waals surface area contributed by atoms with E-state index in [4.69, 9.17) is 15.9 Å². The minimum atomic E-state index is -1.85. The molecule has 0 aromatic rings. The summed E-state index contributed by atoms with van der Waals surface area (Å²) < 4.78 is 10.8. The van der Waals surface area contributed by atoms with Gasteiger partial charge in [0.2, 0.25) is 12.3 Å². The van der Waals surface area contributed by atoms with Crippen LogP contribution < -0.4 is 5.73 Å². The summed E-state index contributed by atoms with van der Waals surface area (Å²) in [5.74, 6) is -2.04. The predicted octanol–water partition coefficient (Wildman–Crippen LogP) is -0.350. The average molecular weight is 220 g/mol. The number of carboxylic acid groups (broad SMARTS) is 1. The number of nitrogens with two attached hydrogens (primary N) is 1. The van der Waals surface area contributed by atoms with Crippen LogP contribution in [0.25, 0.3) is 0 Å². The van der Waals surface area contributed by atoms with Gasteiger partial charge in [0.1, 0.15) is 0 Å². The van der Waals surface area contributed by atoms with Gasteiger partial charge in [-0.3, -0.25) is 4.79 Å². The quantitative estimate of drug-likeness (QED) is 0.417. The van der Waals surface area contributed by atoms with E-state index in [9.17, 15) is 14.2 Å². The first-order valence-electron chi connectivity index (χ1n) is 3.71. The first-order chi connectivity index (χ1) is 6.47. The third kappa shape index (κ3) is 5.40. The predicted molar refractivity (Wildman–Crippen MR) is 49.1 cm³/mol.